The molecule has 0 saturated heterocycles. The molecule has 0 unspecified atom stereocenters. The van der Waals surface area contributed by atoms with Crippen molar-refractivity contribution in [3.63, 3.8) is 0 Å². The topological polar surface area (TPSA) is 110 Å². The van der Waals surface area contributed by atoms with Gasteiger partial charge in [-0.3, -0.25) is 5.73 Å². The quantitative estimate of drug-likeness (QED) is 0.347. The minimum atomic E-state index is -2.18. The summed E-state index contributed by atoms with van der Waals surface area (Å²) in [4.78, 5) is 0. The van der Waals surface area contributed by atoms with Crippen molar-refractivity contribution in [1.82, 2.24) is 0 Å². The first-order valence-electron chi connectivity index (χ1n) is 1.70. The fraction of sp³-hybridized carbons (Fsp3) is 1.00. The molecule has 0 radical (unpaired) electrons. The van der Waals surface area contributed by atoms with Crippen LogP contribution in [0.5, 0.6) is 0 Å². The zero-order valence-corrected chi connectivity index (χ0v) is 6.62. The van der Waals surface area contributed by atoms with Crippen LogP contribution in [-0.4, -0.2) is 22.7 Å². The van der Waals surface area contributed by atoms with Crippen LogP contribution >= 0.6 is 0 Å². The van der Waals surface area contributed by atoms with Crippen LogP contribution in [0.25, 0.3) is 0 Å². The normalized spacial score (nSPS) is 9.38. The van der Waals surface area contributed by atoms with E-state index in [0.717, 1.165) is 0 Å². The van der Waals surface area contributed by atoms with Gasteiger partial charge in [-0.2, -0.15) is 0 Å². The van der Waals surface area contributed by atoms with Gasteiger partial charge in [0.15, 0.2) is 0 Å². The Labute approximate surface area is 62.0 Å². The maximum atomic E-state index is 8.34. The van der Waals surface area contributed by atoms with Crippen molar-refractivity contribution in [2.24, 2.45) is 11.5 Å². The molecule has 6 N–H and O–H groups in total. The van der Waals surface area contributed by atoms with Crippen molar-refractivity contribution in [3.8, 4) is 0 Å². The van der Waals surface area contributed by atoms with Crippen LogP contribution in [0.15, 0.2) is 0 Å². The molecule has 0 saturated carbocycles. The van der Waals surface area contributed by atoms with Crippen molar-refractivity contribution in [1.29, 1.82) is 0 Å². The van der Waals surface area contributed by atoms with Crippen LogP contribution in [0.3, 0.4) is 0 Å². The van der Waals surface area contributed by atoms with Crippen molar-refractivity contribution < 1.29 is 37.7 Å². The second-order valence-corrected chi connectivity index (χ2v) is 1.08. The molecule has 0 aromatic carbocycles. The molecule has 0 heterocycles. The number of hydrogen-bond donors (Lipinski definition) is 4. The predicted molar refractivity (Wildman–Crippen MR) is 21.1 cm³/mol. The summed E-state index contributed by atoms with van der Waals surface area (Å²) in [6.07, 6.45) is 0. The zero-order chi connectivity index (χ0) is 7.21. The van der Waals surface area contributed by atoms with Gasteiger partial charge in [-0.25, -0.2) is 0 Å². The average molecular weight is 199 g/mol. The predicted octanol–water partition coefficient (Wildman–Crippen LogP) is -2.58. The van der Waals surface area contributed by atoms with Crippen molar-refractivity contribution in [2.75, 3.05) is 6.54 Å². The van der Waals surface area contributed by atoms with E-state index in [9.17, 15) is 0 Å². The molecular formula is C2H8N2O3Zr. The van der Waals surface area contributed by atoms with Crippen LogP contribution in [-0.2, 0) is 27.5 Å². The average Bonchev–Trinajstić information content (AvgIpc) is 1.71. The molecule has 0 aliphatic rings. The van der Waals surface area contributed by atoms with Gasteiger partial charge in [0.05, 0.1) is 6.54 Å². The molecule has 0 aliphatic heterocycles. The number of nitrogens with two attached hydrogens (primary N) is 2. The van der Waals surface area contributed by atoms with E-state index in [1.807, 2.05) is 0 Å². The molecule has 0 fully saturated rings. The van der Waals surface area contributed by atoms with Gasteiger partial charge < -0.3 is 15.9 Å². The molecule has 0 spiro atoms. The third-order valence-electron chi connectivity index (χ3n) is 0.300. The summed E-state index contributed by atoms with van der Waals surface area (Å²) in [6, 6.07) is 0. The fourth-order valence-corrected chi connectivity index (χ4v) is 0. The summed E-state index contributed by atoms with van der Waals surface area (Å²) >= 11 is 0.300. The van der Waals surface area contributed by atoms with Gasteiger partial charge in [0, 0.05) is 0 Å². The van der Waals surface area contributed by atoms with E-state index < -0.39 is 5.91 Å². The molecule has 0 aromatic rings. The van der Waals surface area contributed by atoms with Crippen LogP contribution in [0.1, 0.15) is 0 Å². The molecule has 0 atom stereocenters. The first-order valence-corrected chi connectivity index (χ1v) is 2.71. The summed E-state index contributed by atoms with van der Waals surface area (Å²) in [5.41, 5.74) is 9.20. The van der Waals surface area contributed by atoms with Gasteiger partial charge in [-0.1, -0.05) is 0 Å². The van der Waals surface area contributed by atoms with Gasteiger partial charge in [-0.05, 0) is 0 Å². The van der Waals surface area contributed by atoms with E-state index in [0.29, 0.717) is 24.7 Å². The van der Waals surface area contributed by atoms with E-state index >= 15 is 0 Å². The van der Waals surface area contributed by atoms with E-state index in [-0.39, 0.29) is 6.54 Å². The van der Waals surface area contributed by atoms with Gasteiger partial charge in [0.1, 0.15) is 0 Å². The Bertz CT molecular complexity index is 53.7. The third-order valence-corrected chi connectivity index (χ3v) is 0.300. The van der Waals surface area contributed by atoms with Crippen molar-refractivity contribution >= 4 is 0 Å². The minimum absolute atomic E-state index is 0.300. The van der Waals surface area contributed by atoms with E-state index in [1.165, 1.54) is 0 Å². The van der Waals surface area contributed by atoms with Crippen LogP contribution in [0.2, 0.25) is 0 Å². The van der Waals surface area contributed by atoms with Crippen molar-refractivity contribution in [2.45, 2.75) is 5.91 Å². The summed E-state index contributed by atoms with van der Waals surface area (Å²) in [5.74, 6) is -2.18. The molecule has 0 aliphatic carbocycles. The van der Waals surface area contributed by atoms with Crippen LogP contribution in [0.4, 0.5) is 0 Å². The third kappa shape index (κ3) is 16.0. The first-order chi connectivity index (χ1) is 3.56. The van der Waals surface area contributed by atoms with Gasteiger partial charge >= 0.3 is 27.5 Å². The Balaban J connectivity index is 0. The fourth-order valence-electron chi connectivity index (χ4n) is 0. The standard InChI is InChI=1S/C2H8N2O2.O.Zr/c3-1-2(4,5)6;;/h5-6H,1,3-4H2;;. The second-order valence-electron chi connectivity index (χ2n) is 1.08. The molecule has 0 amide bonds. The Kier molecular flexibility index (Phi) is 8.02. The second kappa shape index (κ2) is 5.66. The number of hydrogen-bond acceptors (Lipinski definition) is 5. The summed E-state index contributed by atoms with van der Waals surface area (Å²) in [5, 5.41) is 16.1. The number of aliphatic hydroxyl groups is 2. The Morgan fingerprint density at radius 1 is 1.50 bits per heavy atom. The van der Waals surface area contributed by atoms with Gasteiger partial charge in [0.2, 0.25) is 5.91 Å². The van der Waals surface area contributed by atoms with Crippen molar-refractivity contribution in [3.05, 3.63) is 0 Å². The van der Waals surface area contributed by atoms with E-state index in [2.05, 4.69) is 11.5 Å². The maximum absolute atomic E-state index is 8.34. The SMILES string of the molecule is NCC(N)(O)O.[O]=[Zr]. The molecule has 0 aromatic heterocycles. The summed E-state index contributed by atoms with van der Waals surface area (Å²) in [6.45, 7) is -0.340. The molecule has 6 heteroatoms. The molecule has 5 nitrogen and oxygen atoms in total. The molecule has 0 bridgehead atoms. The Morgan fingerprint density at radius 2 is 1.62 bits per heavy atom. The van der Waals surface area contributed by atoms with E-state index in [1.54, 1.807) is 0 Å². The zero-order valence-electron chi connectivity index (χ0n) is 4.16. The molecule has 8 heavy (non-hydrogen) atoms. The monoisotopic (exact) mass is 198 g/mol. The molecule has 0 rings (SSSR count). The van der Waals surface area contributed by atoms with Gasteiger partial charge in [0.25, 0.3) is 0 Å². The van der Waals surface area contributed by atoms with Gasteiger partial charge in [-0.15, -0.1) is 0 Å². The molecular weight excluding hydrogens is 191 g/mol. The van der Waals surface area contributed by atoms with Crippen LogP contribution in [0, 0.1) is 0 Å². The first kappa shape index (κ1) is 11.3. The number of rotatable bonds is 1. The Morgan fingerprint density at radius 3 is 1.62 bits per heavy atom. The summed E-state index contributed by atoms with van der Waals surface area (Å²) < 4.78 is 8.34. The Hall–Kier alpha value is 0.523. The summed E-state index contributed by atoms with van der Waals surface area (Å²) in [7, 11) is 0. The molecule has 48 valence electrons. The van der Waals surface area contributed by atoms with Crippen LogP contribution < -0.4 is 11.5 Å². The van der Waals surface area contributed by atoms with E-state index in [4.69, 9.17) is 13.0 Å².